The molecule has 134 valence electrons. The van der Waals surface area contributed by atoms with Crippen LogP contribution in [-0.4, -0.2) is 29.0 Å². The number of ether oxygens (including phenoxy) is 1. The molecule has 0 saturated carbocycles. The van der Waals surface area contributed by atoms with Crippen molar-refractivity contribution in [3.05, 3.63) is 71.3 Å². The van der Waals surface area contributed by atoms with Gasteiger partial charge in [0, 0.05) is 6.54 Å². The second-order valence-electron chi connectivity index (χ2n) is 5.89. The van der Waals surface area contributed by atoms with Crippen LogP contribution in [0.5, 0.6) is 0 Å². The van der Waals surface area contributed by atoms with Crippen molar-refractivity contribution in [1.82, 2.24) is 5.32 Å². The Labute approximate surface area is 148 Å². The smallest absolute Gasteiger partial charge is 0.407 e. The molecule has 2 rings (SSSR count). The molecular weight excluding hydrogens is 318 g/mol. The maximum Gasteiger partial charge on any atom is 0.407 e. The van der Waals surface area contributed by atoms with Crippen molar-refractivity contribution in [2.24, 2.45) is 0 Å². The highest BCUT2D eigenvalue weighted by atomic mass is 16.5. The Balaban J connectivity index is 1.71. The highest BCUT2D eigenvalue weighted by molar-refractivity contribution is 5.67. The highest BCUT2D eigenvalue weighted by Gasteiger charge is 2.18. The minimum Gasteiger partial charge on any atom is -0.445 e. The van der Waals surface area contributed by atoms with Gasteiger partial charge in [-0.3, -0.25) is 0 Å². The van der Waals surface area contributed by atoms with E-state index in [2.05, 4.69) is 5.32 Å². The average molecular weight is 343 g/mol. The molecule has 0 radical (unpaired) electrons. The third kappa shape index (κ3) is 6.21. The molecule has 25 heavy (non-hydrogen) atoms. The van der Waals surface area contributed by atoms with Crippen LogP contribution in [0.25, 0.3) is 0 Å². The summed E-state index contributed by atoms with van der Waals surface area (Å²) in [5, 5.41) is 22.9. The van der Waals surface area contributed by atoms with Crippen LogP contribution in [-0.2, 0) is 17.8 Å². The number of aryl methyl sites for hydroxylation is 1. The largest absolute Gasteiger partial charge is 0.445 e. The van der Waals surface area contributed by atoms with Gasteiger partial charge in [-0.2, -0.15) is 0 Å². The summed E-state index contributed by atoms with van der Waals surface area (Å²) in [6.45, 7) is 2.45. The Hall–Kier alpha value is -2.37. The number of hydrogen-bond donors (Lipinski definition) is 3. The van der Waals surface area contributed by atoms with Crippen LogP contribution in [0.2, 0.25) is 0 Å². The summed E-state index contributed by atoms with van der Waals surface area (Å²) in [6.07, 6.45) is -1.38. The van der Waals surface area contributed by atoms with E-state index in [-0.39, 0.29) is 19.6 Å². The Morgan fingerprint density at radius 2 is 1.80 bits per heavy atom. The van der Waals surface area contributed by atoms with E-state index in [1.54, 1.807) is 6.07 Å². The van der Waals surface area contributed by atoms with Crippen molar-refractivity contribution in [2.45, 2.75) is 38.6 Å². The lowest BCUT2D eigenvalue weighted by Gasteiger charge is -2.19. The summed E-state index contributed by atoms with van der Waals surface area (Å²) in [6, 6.07) is 16.9. The maximum atomic E-state index is 11.6. The molecule has 0 saturated heterocycles. The van der Waals surface area contributed by atoms with Crippen LogP contribution in [0.3, 0.4) is 0 Å². The predicted molar refractivity (Wildman–Crippen MR) is 96.0 cm³/mol. The van der Waals surface area contributed by atoms with Gasteiger partial charge in [-0.15, -0.1) is 0 Å². The van der Waals surface area contributed by atoms with Crippen LogP contribution < -0.4 is 5.32 Å². The van der Waals surface area contributed by atoms with Gasteiger partial charge >= 0.3 is 6.09 Å². The van der Waals surface area contributed by atoms with E-state index in [1.807, 2.05) is 55.5 Å². The molecule has 2 unspecified atom stereocenters. The van der Waals surface area contributed by atoms with Gasteiger partial charge in [0.15, 0.2) is 0 Å². The molecule has 0 aliphatic rings. The van der Waals surface area contributed by atoms with Gasteiger partial charge in [0.25, 0.3) is 0 Å². The van der Waals surface area contributed by atoms with Crippen molar-refractivity contribution >= 4 is 6.09 Å². The monoisotopic (exact) mass is 343 g/mol. The first-order valence-corrected chi connectivity index (χ1v) is 8.49. The average Bonchev–Trinajstić information content (AvgIpc) is 2.66. The van der Waals surface area contributed by atoms with E-state index in [1.165, 1.54) is 0 Å². The minimum absolute atomic E-state index is 0.196. The molecule has 0 aliphatic carbocycles. The number of rotatable bonds is 8. The molecule has 1 amide bonds. The Bertz CT molecular complexity index is 660. The summed E-state index contributed by atoms with van der Waals surface area (Å²) in [7, 11) is 0. The molecule has 0 heterocycles. The number of amides is 1. The fourth-order valence-corrected chi connectivity index (χ4v) is 2.47. The number of hydrogen-bond acceptors (Lipinski definition) is 4. The molecule has 0 bridgehead atoms. The van der Waals surface area contributed by atoms with Crippen LogP contribution in [0, 0.1) is 0 Å². The molecule has 5 nitrogen and oxygen atoms in total. The molecule has 2 aromatic rings. The van der Waals surface area contributed by atoms with E-state index in [0.29, 0.717) is 5.56 Å². The van der Waals surface area contributed by atoms with Gasteiger partial charge in [0.1, 0.15) is 12.7 Å². The molecular formula is C20H25NO4. The van der Waals surface area contributed by atoms with Crippen molar-refractivity contribution in [1.29, 1.82) is 0 Å². The Morgan fingerprint density at radius 1 is 1.08 bits per heavy atom. The first-order valence-electron chi connectivity index (χ1n) is 8.49. The Kier molecular flexibility index (Phi) is 7.44. The molecule has 0 fully saturated rings. The van der Waals surface area contributed by atoms with Crippen LogP contribution in [0.4, 0.5) is 4.79 Å². The highest BCUT2D eigenvalue weighted by Crippen LogP contribution is 2.20. The molecule has 3 N–H and O–H groups in total. The third-order valence-electron chi connectivity index (χ3n) is 3.99. The Morgan fingerprint density at radius 3 is 2.52 bits per heavy atom. The quantitative estimate of drug-likeness (QED) is 0.688. The zero-order valence-electron chi connectivity index (χ0n) is 14.4. The van der Waals surface area contributed by atoms with Crippen LogP contribution in [0.1, 0.15) is 36.1 Å². The van der Waals surface area contributed by atoms with E-state index >= 15 is 0 Å². The summed E-state index contributed by atoms with van der Waals surface area (Å²) in [4.78, 5) is 11.6. The molecule has 0 aromatic heterocycles. The van der Waals surface area contributed by atoms with Crippen molar-refractivity contribution in [2.75, 3.05) is 6.54 Å². The summed E-state index contributed by atoms with van der Waals surface area (Å²) >= 11 is 0. The van der Waals surface area contributed by atoms with Crippen molar-refractivity contribution in [3.8, 4) is 0 Å². The predicted octanol–water partition coefficient (Wildman–Crippen LogP) is 2.96. The van der Waals surface area contributed by atoms with Crippen LogP contribution in [0.15, 0.2) is 54.6 Å². The van der Waals surface area contributed by atoms with E-state index in [0.717, 1.165) is 17.5 Å². The van der Waals surface area contributed by atoms with Gasteiger partial charge < -0.3 is 20.3 Å². The fourth-order valence-electron chi connectivity index (χ4n) is 2.47. The van der Waals surface area contributed by atoms with Gasteiger partial charge in [-0.05, 0) is 29.5 Å². The van der Waals surface area contributed by atoms with Gasteiger partial charge in [-0.25, -0.2) is 4.79 Å². The summed E-state index contributed by atoms with van der Waals surface area (Å²) in [5.41, 5.74) is 2.69. The number of carbonyl (C=O) groups excluding carboxylic acids is 1. The molecule has 2 aromatic carbocycles. The molecule has 0 spiro atoms. The first kappa shape index (κ1) is 19.0. The van der Waals surface area contributed by atoms with Gasteiger partial charge in [0.2, 0.25) is 0 Å². The minimum atomic E-state index is -0.978. The fraction of sp³-hybridized carbons (Fsp3) is 0.350. The van der Waals surface area contributed by atoms with Crippen LogP contribution >= 0.6 is 0 Å². The molecule has 2 atom stereocenters. The first-order chi connectivity index (χ1) is 12.1. The summed E-state index contributed by atoms with van der Waals surface area (Å²) < 4.78 is 5.09. The van der Waals surface area contributed by atoms with E-state index in [4.69, 9.17) is 4.74 Å². The van der Waals surface area contributed by atoms with E-state index < -0.39 is 18.3 Å². The number of benzene rings is 2. The van der Waals surface area contributed by atoms with Crippen molar-refractivity contribution in [3.63, 3.8) is 0 Å². The lowest BCUT2D eigenvalue weighted by Crippen LogP contribution is -2.29. The number of carbonyl (C=O) groups is 1. The van der Waals surface area contributed by atoms with Gasteiger partial charge in [0.05, 0.1) is 6.10 Å². The zero-order valence-corrected chi connectivity index (χ0v) is 14.4. The SMILES string of the molecule is CCc1cccc(C(O)C(O)CCNC(=O)OCc2ccccc2)c1. The number of nitrogens with one attached hydrogen (secondary N) is 1. The third-order valence-corrected chi connectivity index (χ3v) is 3.99. The summed E-state index contributed by atoms with van der Waals surface area (Å²) in [5.74, 6) is 0. The zero-order chi connectivity index (χ0) is 18.1. The second-order valence-corrected chi connectivity index (χ2v) is 5.89. The lowest BCUT2D eigenvalue weighted by molar-refractivity contribution is 0.0136. The number of aliphatic hydroxyl groups excluding tert-OH is 2. The number of aliphatic hydroxyl groups is 2. The normalized spacial score (nSPS) is 13.1. The maximum absolute atomic E-state index is 11.6. The number of alkyl carbamates (subject to hydrolysis) is 1. The van der Waals surface area contributed by atoms with Crippen molar-refractivity contribution < 1.29 is 19.7 Å². The van der Waals surface area contributed by atoms with E-state index in [9.17, 15) is 15.0 Å². The molecule has 5 heteroatoms. The second kappa shape index (κ2) is 9.81. The lowest BCUT2D eigenvalue weighted by atomic mass is 9.99. The topological polar surface area (TPSA) is 78.8 Å². The standard InChI is InChI=1S/C20H25NO4/c1-2-15-9-6-10-17(13-15)19(23)18(22)11-12-21-20(24)25-14-16-7-4-3-5-8-16/h3-10,13,18-19,22-23H,2,11-12,14H2,1H3,(H,21,24). The molecule has 0 aliphatic heterocycles. The van der Waals surface area contributed by atoms with Gasteiger partial charge in [-0.1, -0.05) is 61.5 Å².